The molecule has 0 heterocycles. The third-order valence-corrected chi connectivity index (χ3v) is 15.4. The number of rotatable bonds is 64. The fourth-order valence-corrected chi connectivity index (χ4v) is 10.1. The Bertz CT molecular complexity index is 1530. The number of esters is 3. The van der Waals surface area contributed by atoms with E-state index in [1.807, 2.05) is 0 Å². The van der Waals surface area contributed by atoms with Crippen molar-refractivity contribution in [3.63, 3.8) is 0 Å². The zero-order valence-electron chi connectivity index (χ0n) is 53.8. The second-order valence-electron chi connectivity index (χ2n) is 23.4. The summed E-state index contributed by atoms with van der Waals surface area (Å²) in [4.78, 5) is 38.5. The minimum atomic E-state index is -0.784. The van der Waals surface area contributed by atoms with Gasteiger partial charge in [0, 0.05) is 19.3 Å². The van der Waals surface area contributed by atoms with E-state index in [0.717, 1.165) is 96.3 Å². The van der Waals surface area contributed by atoms with E-state index in [2.05, 4.69) is 106 Å². The first-order valence-corrected chi connectivity index (χ1v) is 35.1. The zero-order chi connectivity index (χ0) is 58.5. The van der Waals surface area contributed by atoms with Crippen LogP contribution in [0.2, 0.25) is 0 Å². The van der Waals surface area contributed by atoms with Crippen LogP contribution in [0.15, 0.2) is 85.1 Å². The third kappa shape index (κ3) is 67.3. The molecule has 0 amide bonds. The summed E-state index contributed by atoms with van der Waals surface area (Å²) in [6, 6.07) is 0. The van der Waals surface area contributed by atoms with Gasteiger partial charge in [-0.3, -0.25) is 14.4 Å². The van der Waals surface area contributed by atoms with Gasteiger partial charge >= 0.3 is 17.9 Å². The normalized spacial score (nSPS) is 12.6. The van der Waals surface area contributed by atoms with E-state index < -0.39 is 6.10 Å². The maximum absolute atomic E-state index is 13.0. The highest BCUT2D eigenvalue weighted by Gasteiger charge is 2.19. The molecule has 0 saturated carbocycles. The largest absolute Gasteiger partial charge is 0.462 e. The molecule has 0 aliphatic rings. The molecule has 6 heteroatoms. The molecular weight excluding hydrogens is 997 g/mol. The van der Waals surface area contributed by atoms with Gasteiger partial charge in [-0.15, -0.1) is 0 Å². The van der Waals surface area contributed by atoms with Crippen LogP contribution in [-0.2, 0) is 28.6 Å². The van der Waals surface area contributed by atoms with Crippen LogP contribution in [0.25, 0.3) is 0 Å². The molecule has 0 saturated heterocycles. The van der Waals surface area contributed by atoms with E-state index in [-0.39, 0.29) is 31.1 Å². The minimum Gasteiger partial charge on any atom is -0.462 e. The number of carbonyl (C=O) groups is 3. The molecule has 468 valence electrons. The highest BCUT2D eigenvalue weighted by molar-refractivity contribution is 5.71. The predicted octanol–water partition coefficient (Wildman–Crippen LogP) is 24.2. The molecule has 0 fully saturated rings. The van der Waals surface area contributed by atoms with Crippen molar-refractivity contribution >= 4 is 17.9 Å². The quantitative estimate of drug-likeness (QED) is 0.0261. The summed E-state index contributed by atoms with van der Waals surface area (Å²) in [5, 5.41) is 0. The number of unbranched alkanes of at least 4 members (excludes halogenated alkanes) is 39. The van der Waals surface area contributed by atoms with E-state index in [4.69, 9.17) is 14.2 Å². The smallest absolute Gasteiger partial charge is 0.306 e. The molecule has 0 aliphatic carbocycles. The van der Waals surface area contributed by atoms with E-state index in [9.17, 15) is 14.4 Å². The van der Waals surface area contributed by atoms with Crippen LogP contribution in [-0.4, -0.2) is 37.2 Å². The lowest BCUT2D eigenvalue weighted by atomic mass is 10.0. The molecule has 81 heavy (non-hydrogen) atoms. The maximum atomic E-state index is 13.0. The molecule has 6 nitrogen and oxygen atoms in total. The molecule has 0 aromatic rings. The Balaban J connectivity index is 4.36. The number of carbonyl (C=O) groups excluding carboxylic acids is 3. The Kier molecular flexibility index (Phi) is 66.2. The lowest BCUT2D eigenvalue weighted by Crippen LogP contribution is -2.30. The Labute approximate surface area is 503 Å². The molecule has 0 spiro atoms. The summed E-state index contributed by atoms with van der Waals surface area (Å²) in [5.41, 5.74) is 0. The molecule has 1 unspecified atom stereocenters. The van der Waals surface area contributed by atoms with E-state index in [1.54, 1.807) is 0 Å². The van der Waals surface area contributed by atoms with Gasteiger partial charge in [-0.2, -0.15) is 0 Å². The second-order valence-corrected chi connectivity index (χ2v) is 23.4. The van der Waals surface area contributed by atoms with Crippen molar-refractivity contribution in [2.45, 2.75) is 361 Å². The number of allylic oxidation sites excluding steroid dienone is 14. The lowest BCUT2D eigenvalue weighted by molar-refractivity contribution is -0.167. The van der Waals surface area contributed by atoms with Gasteiger partial charge in [-0.1, -0.05) is 305 Å². The predicted molar refractivity (Wildman–Crippen MR) is 353 cm³/mol. The van der Waals surface area contributed by atoms with Crippen LogP contribution >= 0.6 is 0 Å². The van der Waals surface area contributed by atoms with Crippen molar-refractivity contribution in [2.75, 3.05) is 13.2 Å². The van der Waals surface area contributed by atoms with Gasteiger partial charge in [0.2, 0.25) is 0 Å². The molecule has 0 rings (SSSR count). The first-order valence-electron chi connectivity index (χ1n) is 35.1. The van der Waals surface area contributed by atoms with Gasteiger partial charge in [0.15, 0.2) is 6.10 Å². The van der Waals surface area contributed by atoms with Crippen LogP contribution < -0.4 is 0 Å². The molecule has 0 aliphatic heterocycles. The number of hydrogen-bond donors (Lipinski definition) is 0. The van der Waals surface area contributed by atoms with Crippen LogP contribution in [0.4, 0.5) is 0 Å². The standard InChI is InChI=1S/C75H132O6/c1-4-7-10-13-16-19-22-25-28-31-33-35-37-39-41-44-47-50-53-56-59-62-65-68-74(77)80-71-72(70-79-73(76)67-64-61-58-55-52-49-46-43-30-27-24-21-18-15-12-9-6-3)81-75(78)69-66-63-60-57-54-51-48-45-42-40-38-36-34-32-29-26-23-20-17-14-11-8-5-2/h7,10,16,18-19,21,25,27-28,30,32-35,72H,4-6,8-9,11-15,17,20,22-24,26,29,31,36-71H2,1-3H3/b10-7-,19-16-,21-18-,28-25-,30-27-,34-32-,35-33-. The highest BCUT2D eigenvalue weighted by Crippen LogP contribution is 2.17. The fraction of sp³-hybridized carbons (Fsp3) is 0.773. The Morgan fingerprint density at radius 1 is 0.259 bits per heavy atom. The van der Waals surface area contributed by atoms with Crippen molar-refractivity contribution in [1.82, 2.24) is 0 Å². The van der Waals surface area contributed by atoms with Gasteiger partial charge in [0.05, 0.1) is 0 Å². The molecule has 1 atom stereocenters. The highest BCUT2D eigenvalue weighted by atomic mass is 16.6. The molecule has 0 radical (unpaired) electrons. The SMILES string of the molecule is CC/C=C\C/C=C\C/C=C\C/C=C\CCCCCCCCCCCCC(=O)OCC(COC(=O)CCCCCCCCC/C=C\C/C=C\CCCCC)OC(=O)CCCCCCCCCCCCC/C=C\CCCCCCCCCC. The van der Waals surface area contributed by atoms with Gasteiger partial charge < -0.3 is 14.2 Å². The van der Waals surface area contributed by atoms with Crippen molar-refractivity contribution in [2.24, 2.45) is 0 Å². The number of ether oxygens (including phenoxy) is 3. The van der Waals surface area contributed by atoms with E-state index in [0.29, 0.717) is 19.3 Å². The zero-order valence-corrected chi connectivity index (χ0v) is 53.8. The lowest BCUT2D eigenvalue weighted by Gasteiger charge is -2.18. The second kappa shape index (κ2) is 69.1. The summed E-state index contributed by atoms with van der Waals surface area (Å²) >= 11 is 0. The summed E-state index contributed by atoms with van der Waals surface area (Å²) < 4.78 is 17.0. The van der Waals surface area contributed by atoms with Crippen molar-refractivity contribution in [1.29, 1.82) is 0 Å². The maximum Gasteiger partial charge on any atom is 0.306 e. The Morgan fingerprint density at radius 2 is 0.481 bits per heavy atom. The van der Waals surface area contributed by atoms with Crippen molar-refractivity contribution < 1.29 is 28.6 Å². The summed E-state index contributed by atoms with van der Waals surface area (Å²) in [6.45, 7) is 6.54. The molecule has 0 aromatic heterocycles. The van der Waals surface area contributed by atoms with Crippen LogP contribution in [0.3, 0.4) is 0 Å². The third-order valence-electron chi connectivity index (χ3n) is 15.4. The topological polar surface area (TPSA) is 78.9 Å². The van der Waals surface area contributed by atoms with Gasteiger partial charge in [0.25, 0.3) is 0 Å². The molecular formula is C75H132O6. The monoisotopic (exact) mass is 1130 g/mol. The van der Waals surface area contributed by atoms with E-state index in [1.165, 1.54) is 218 Å². The summed E-state index contributed by atoms with van der Waals surface area (Å²) in [6.07, 6.45) is 91.7. The van der Waals surface area contributed by atoms with Gasteiger partial charge in [-0.05, 0) is 116 Å². The van der Waals surface area contributed by atoms with E-state index >= 15 is 0 Å². The first kappa shape index (κ1) is 77.6. The fourth-order valence-electron chi connectivity index (χ4n) is 10.1. The van der Waals surface area contributed by atoms with Gasteiger partial charge in [-0.25, -0.2) is 0 Å². The van der Waals surface area contributed by atoms with Crippen LogP contribution in [0.5, 0.6) is 0 Å². The Hall–Kier alpha value is -3.41. The minimum absolute atomic E-state index is 0.0797. The average molecular weight is 1130 g/mol. The average Bonchev–Trinajstić information content (AvgIpc) is 3.47. The van der Waals surface area contributed by atoms with Crippen LogP contribution in [0, 0.1) is 0 Å². The molecule has 0 N–H and O–H groups in total. The molecule has 0 bridgehead atoms. The Morgan fingerprint density at radius 3 is 0.790 bits per heavy atom. The number of hydrogen-bond acceptors (Lipinski definition) is 6. The molecule has 0 aromatic carbocycles. The first-order chi connectivity index (χ1) is 40.0. The van der Waals surface area contributed by atoms with Gasteiger partial charge in [0.1, 0.15) is 13.2 Å². The van der Waals surface area contributed by atoms with Crippen molar-refractivity contribution in [3.8, 4) is 0 Å². The van der Waals surface area contributed by atoms with Crippen LogP contribution in [0.1, 0.15) is 355 Å². The van der Waals surface area contributed by atoms with Crippen molar-refractivity contribution in [3.05, 3.63) is 85.1 Å². The summed E-state index contributed by atoms with van der Waals surface area (Å²) in [5.74, 6) is -0.874. The summed E-state index contributed by atoms with van der Waals surface area (Å²) in [7, 11) is 0.